The largest absolute Gasteiger partial charge is 0.480 e. The summed E-state index contributed by atoms with van der Waals surface area (Å²) >= 11 is 0. The highest BCUT2D eigenvalue weighted by Crippen LogP contribution is 2.26. The van der Waals surface area contributed by atoms with Gasteiger partial charge in [0.25, 0.3) is 0 Å². The number of carboxylic acids is 1. The minimum Gasteiger partial charge on any atom is -0.480 e. The van der Waals surface area contributed by atoms with E-state index in [1.54, 1.807) is 12.1 Å². The van der Waals surface area contributed by atoms with E-state index in [0.717, 1.165) is 9.87 Å². The summed E-state index contributed by atoms with van der Waals surface area (Å²) in [7, 11) is -3.89. The Kier molecular flexibility index (Phi) is 3.62. The van der Waals surface area contributed by atoms with Gasteiger partial charge in [0.15, 0.2) is 0 Å². The first kappa shape index (κ1) is 14.0. The third-order valence-corrected chi connectivity index (χ3v) is 5.04. The van der Waals surface area contributed by atoms with Crippen LogP contribution in [0.15, 0.2) is 29.2 Å². The molecule has 1 unspecified atom stereocenters. The molecule has 0 aromatic heterocycles. The molecule has 0 radical (unpaired) electrons. The summed E-state index contributed by atoms with van der Waals surface area (Å²) in [5, 5.41) is 18.5. The van der Waals surface area contributed by atoms with Crippen LogP contribution in [-0.2, 0) is 14.8 Å². The quantitative estimate of drug-likeness (QED) is 0.827. The number of rotatable bonds is 3. The van der Waals surface area contributed by atoms with E-state index >= 15 is 0 Å². The van der Waals surface area contributed by atoms with Gasteiger partial charge in [0, 0.05) is 13.0 Å². The van der Waals surface area contributed by atoms with E-state index in [0.29, 0.717) is 0 Å². The number of hydrogen-bond donors (Lipinski definition) is 2. The van der Waals surface area contributed by atoms with Crippen LogP contribution in [0.2, 0.25) is 0 Å². The van der Waals surface area contributed by atoms with Crippen molar-refractivity contribution in [2.45, 2.75) is 30.4 Å². The lowest BCUT2D eigenvalue weighted by molar-refractivity contribution is -0.140. The number of sulfonamides is 1. The Labute approximate surface area is 111 Å². The molecule has 1 aromatic carbocycles. The first-order valence-electron chi connectivity index (χ1n) is 5.82. The summed E-state index contributed by atoms with van der Waals surface area (Å²) in [5.74, 6) is -1.24. The van der Waals surface area contributed by atoms with Gasteiger partial charge in [0.1, 0.15) is 6.04 Å². The molecule has 2 rings (SSSR count). The fraction of sp³-hybridized carbons (Fsp3) is 0.417. The molecule has 2 atom stereocenters. The molecule has 1 aliphatic rings. The SMILES string of the molecule is Cc1ccc(S(=O)(=O)N2CC(O)C[C@@H]2C(=O)O)cc1. The highest BCUT2D eigenvalue weighted by molar-refractivity contribution is 7.89. The summed E-state index contributed by atoms with van der Waals surface area (Å²) in [5.41, 5.74) is 0.912. The lowest BCUT2D eigenvalue weighted by Crippen LogP contribution is -2.40. The normalized spacial score (nSPS) is 24.5. The molecule has 6 nitrogen and oxygen atoms in total. The van der Waals surface area contributed by atoms with Crippen LogP contribution in [0.25, 0.3) is 0 Å². The second-order valence-corrected chi connectivity index (χ2v) is 6.52. The molecule has 0 spiro atoms. The Hall–Kier alpha value is -1.44. The number of carbonyl (C=O) groups is 1. The lowest BCUT2D eigenvalue weighted by atomic mass is 10.2. The van der Waals surface area contributed by atoms with Crippen LogP contribution in [-0.4, -0.2) is 47.6 Å². The number of aryl methyl sites for hydroxylation is 1. The highest BCUT2D eigenvalue weighted by Gasteiger charge is 2.43. The number of hydrogen-bond acceptors (Lipinski definition) is 4. The Balaban J connectivity index is 2.38. The Morgan fingerprint density at radius 2 is 1.89 bits per heavy atom. The molecule has 0 saturated carbocycles. The smallest absolute Gasteiger partial charge is 0.322 e. The van der Waals surface area contributed by atoms with Crippen LogP contribution in [0, 0.1) is 6.92 Å². The van der Waals surface area contributed by atoms with E-state index in [1.807, 2.05) is 6.92 Å². The van der Waals surface area contributed by atoms with Crippen LogP contribution >= 0.6 is 0 Å². The fourth-order valence-electron chi connectivity index (χ4n) is 2.12. The number of β-amino-alcohol motifs (C(OH)–C–C–N with tert-alkyl or cyclic N) is 1. The van der Waals surface area contributed by atoms with Crippen LogP contribution in [0.1, 0.15) is 12.0 Å². The van der Waals surface area contributed by atoms with Gasteiger partial charge in [-0.1, -0.05) is 17.7 Å². The van der Waals surface area contributed by atoms with Crippen molar-refractivity contribution in [3.63, 3.8) is 0 Å². The zero-order valence-corrected chi connectivity index (χ0v) is 11.2. The van der Waals surface area contributed by atoms with Crippen LogP contribution in [0.5, 0.6) is 0 Å². The molecule has 1 saturated heterocycles. The van der Waals surface area contributed by atoms with Crippen molar-refractivity contribution >= 4 is 16.0 Å². The molecular weight excluding hydrogens is 270 g/mol. The standard InChI is InChI=1S/C12H15NO5S/c1-8-2-4-10(5-3-8)19(17,18)13-7-9(14)6-11(13)12(15)16/h2-5,9,11,14H,6-7H2,1H3,(H,15,16)/t9?,11-/m1/s1. The van der Waals surface area contributed by atoms with E-state index in [9.17, 15) is 18.3 Å². The fourth-order valence-corrected chi connectivity index (χ4v) is 3.75. The number of aliphatic hydroxyl groups is 1. The van der Waals surface area contributed by atoms with Gasteiger partial charge < -0.3 is 10.2 Å². The third kappa shape index (κ3) is 2.63. The van der Waals surface area contributed by atoms with Gasteiger partial charge >= 0.3 is 5.97 Å². The van der Waals surface area contributed by atoms with Gasteiger partial charge in [0.05, 0.1) is 11.0 Å². The molecule has 0 aliphatic carbocycles. The summed E-state index contributed by atoms with van der Waals surface area (Å²) in [6.45, 7) is 1.64. The maximum atomic E-state index is 12.4. The lowest BCUT2D eigenvalue weighted by Gasteiger charge is -2.20. The van der Waals surface area contributed by atoms with Crippen molar-refractivity contribution < 1.29 is 23.4 Å². The molecule has 0 amide bonds. The van der Waals surface area contributed by atoms with Crippen molar-refractivity contribution in [1.82, 2.24) is 4.31 Å². The summed E-state index contributed by atoms with van der Waals surface area (Å²) < 4.78 is 25.6. The molecule has 104 valence electrons. The monoisotopic (exact) mass is 285 g/mol. The first-order valence-corrected chi connectivity index (χ1v) is 7.26. The molecule has 1 heterocycles. The zero-order chi connectivity index (χ0) is 14.2. The molecule has 1 fully saturated rings. The number of aliphatic carboxylic acids is 1. The second-order valence-electron chi connectivity index (χ2n) is 4.63. The van der Waals surface area contributed by atoms with Crippen LogP contribution in [0.4, 0.5) is 0 Å². The van der Waals surface area contributed by atoms with Gasteiger partial charge in [-0.25, -0.2) is 8.42 Å². The third-order valence-electron chi connectivity index (χ3n) is 3.15. The van der Waals surface area contributed by atoms with Crippen LogP contribution in [0.3, 0.4) is 0 Å². The summed E-state index contributed by atoms with van der Waals surface area (Å²) in [6.07, 6.45) is -1.03. The molecule has 1 aromatic rings. The van der Waals surface area contributed by atoms with Crippen molar-refractivity contribution in [3.05, 3.63) is 29.8 Å². The summed E-state index contributed by atoms with van der Waals surface area (Å²) in [4.78, 5) is 11.1. The highest BCUT2D eigenvalue weighted by atomic mass is 32.2. The van der Waals surface area contributed by atoms with E-state index in [4.69, 9.17) is 5.11 Å². The van der Waals surface area contributed by atoms with E-state index in [1.165, 1.54) is 12.1 Å². The number of carboxylic acid groups (broad SMARTS) is 1. The van der Waals surface area contributed by atoms with E-state index in [-0.39, 0.29) is 17.9 Å². The first-order chi connectivity index (χ1) is 8.82. The maximum Gasteiger partial charge on any atom is 0.322 e. The topological polar surface area (TPSA) is 94.9 Å². The zero-order valence-electron chi connectivity index (χ0n) is 10.4. The molecule has 2 N–H and O–H groups in total. The molecule has 7 heteroatoms. The Bertz CT molecular complexity index is 581. The summed E-state index contributed by atoms with van der Waals surface area (Å²) in [6, 6.07) is 4.97. The molecule has 1 aliphatic heterocycles. The molecular formula is C12H15NO5S. The van der Waals surface area contributed by atoms with Gasteiger partial charge in [-0.15, -0.1) is 0 Å². The van der Waals surface area contributed by atoms with Crippen molar-refractivity contribution in [2.75, 3.05) is 6.54 Å². The Morgan fingerprint density at radius 1 is 1.32 bits per heavy atom. The number of benzene rings is 1. The average Bonchev–Trinajstić information content (AvgIpc) is 2.73. The predicted octanol–water partition coefficient (Wildman–Crippen LogP) is 0.204. The van der Waals surface area contributed by atoms with Gasteiger partial charge in [0.2, 0.25) is 10.0 Å². The molecule has 0 bridgehead atoms. The van der Waals surface area contributed by atoms with Crippen molar-refractivity contribution in [2.24, 2.45) is 0 Å². The van der Waals surface area contributed by atoms with Gasteiger partial charge in [-0.3, -0.25) is 4.79 Å². The molecule has 19 heavy (non-hydrogen) atoms. The van der Waals surface area contributed by atoms with E-state index in [2.05, 4.69) is 0 Å². The average molecular weight is 285 g/mol. The van der Waals surface area contributed by atoms with Crippen molar-refractivity contribution in [1.29, 1.82) is 0 Å². The van der Waals surface area contributed by atoms with Crippen LogP contribution < -0.4 is 0 Å². The number of aliphatic hydroxyl groups excluding tert-OH is 1. The van der Waals surface area contributed by atoms with Gasteiger partial charge in [-0.05, 0) is 19.1 Å². The predicted molar refractivity (Wildman–Crippen MR) is 67.1 cm³/mol. The Morgan fingerprint density at radius 3 is 2.42 bits per heavy atom. The minimum absolute atomic E-state index is 0.0402. The van der Waals surface area contributed by atoms with Crippen molar-refractivity contribution in [3.8, 4) is 0 Å². The maximum absolute atomic E-state index is 12.4. The number of nitrogens with zero attached hydrogens (tertiary/aromatic N) is 1. The van der Waals surface area contributed by atoms with E-state index < -0.39 is 28.1 Å². The van der Waals surface area contributed by atoms with Gasteiger partial charge in [-0.2, -0.15) is 4.31 Å². The second kappa shape index (κ2) is 4.92. The minimum atomic E-state index is -3.89.